The van der Waals surface area contributed by atoms with Crippen molar-refractivity contribution in [3.63, 3.8) is 0 Å². The SMILES string of the molecule is CCOC(=O)CCOCCOCCOCCOCCOCCOCCOCCOCCOCCOCCOCCC(=O)OCC. The van der Waals surface area contributed by atoms with Gasteiger partial charge >= 0.3 is 11.9 Å². The number of hydrogen-bond donors (Lipinski definition) is 0. The Bertz CT molecular complexity index is 562. The molecule has 45 heavy (non-hydrogen) atoms. The maximum Gasteiger partial charge on any atom is 0.308 e. The van der Waals surface area contributed by atoms with E-state index in [4.69, 9.17) is 61.6 Å². The Morgan fingerprint density at radius 2 is 0.444 bits per heavy atom. The maximum atomic E-state index is 11.1. The lowest BCUT2D eigenvalue weighted by Crippen LogP contribution is -2.15. The van der Waals surface area contributed by atoms with Crippen LogP contribution in [0.1, 0.15) is 26.7 Å². The number of carbonyl (C=O) groups is 2. The summed E-state index contributed by atoms with van der Waals surface area (Å²) >= 11 is 0. The highest BCUT2D eigenvalue weighted by Gasteiger charge is 2.02. The van der Waals surface area contributed by atoms with Gasteiger partial charge in [-0.05, 0) is 13.8 Å². The molecule has 0 heterocycles. The van der Waals surface area contributed by atoms with Crippen molar-refractivity contribution in [2.24, 2.45) is 0 Å². The van der Waals surface area contributed by atoms with Crippen LogP contribution in [0, 0.1) is 0 Å². The van der Waals surface area contributed by atoms with Crippen LogP contribution >= 0.6 is 0 Å². The molecule has 0 unspecified atom stereocenters. The van der Waals surface area contributed by atoms with Gasteiger partial charge in [0.05, 0.1) is 171 Å². The maximum absolute atomic E-state index is 11.1. The second-order valence-electron chi connectivity index (χ2n) is 8.85. The first-order valence-electron chi connectivity index (χ1n) is 15.9. The van der Waals surface area contributed by atoms with Gasteiger partial charge in [-0.1, -0.05) is 0 Å². The monoisotopic (exact) mass is 658 g/mol. The number of ether oxygens (including phenoxy) is 13. The molecule has 0 rings (SSSR count). The first-order chi connectivity index (χ1) is 22.2. The summed E-state index contributed by atoms with van der Waals surface area (Å²) in [5.74, 6) is -0.508. The van der Waals surface area contributed by atoms with Gasteiger partial charge in [0.1, 0.15) is 0 Å². The Morgan fingerprint density at radius 1 is 0.289 bits per heavy atom. The molecular formula is C30H58O15. The molecule has 0 amide bonds. The molecular weight excluding hydrogens is 600 g/mol. The van der Waals surface area contributed by atoms with E-state index in [0.717, 1.165) is 0 Å². The van der Waals surface area contributed by atoms with Gasteiger partial charge in [0.15, 0.2) is 0 Å². The van der Waals surface area contributed by atoms with Crippen LogP contribution in [0.4, 0.5) is 0 Å². The van der Waals surface area contributed by atoms with Crippen LogP contribution < -0.4 is 0 Å². The van der Waals surface area contributed by atoms with Crippen molar-refractivity contribution in [2.75, 3.05) is 159 Å². The van der Waals surface area contributed by atoms with Gasteiger partial charge in [-0.2, -0.15) is 0 Å². The lowest BCUT2D eigenvalue weighted by molar-refractivity contribution is -0.145. The topological polar surface area (TPSA) is 154 Å². The zero-order chi connectivity index (χ0) is 32.7. The largest absolute Gasteiger partial charge is 0.466 e. The third-order valence-corrected chi connectivity index (χ3v) is 5.23. The summed E-state index contributed by atoms with van der Waals surface area (Å²) < 4.78 is 69.1. The molecule has 0 atom stereocenters. The van der Waals surface area contributed by atoms with Gasteiger partial charge in [-0.15, -0.1) is 0 Å². The zero-order valence-electron chi connectivity index (χ0n) is 27.5. The Kier molecular flexibility index (Phi) is 37.4. The normalized spacial score (nSPS) is 11.2. The smallest absolute Gasteiger partial charge is 0.308 e. The van der Waals surface area contributed by atoms with Crippen molar-refractivity contribution >= 4 is 11.9 Å². The average molecular weight is 659 g/mol. The van der Waals surface area contributed by atoms with Gasteiger partial charge in [-0.3, -0.25) is 9.59 Å². The van der Waals surface area contributed by atoms with E-state index >= 15 is 0 Å². The summed E-state index contributed by atoms with van der Waals surface area (Å²) in [7, 11) is 0. The van der Waals surface area contributed by atoms with E-state index in [1.807, 2.05) is 0 Å². The molecule has 0 aliphatic carbocycles. The van der Waals surface area contributed by atoms with Crippen molar-refractivity contribution in [3.8, 4) is 0 Å². The van der Waals surface area contributed by atoms with E-state index < -0.39 is 0 Å². The summed E-state index contributed by atoms with van der Waals surface area (Å²) in [6.45, 7) is 14.5. The number of hydrogen-bond acceptors (Lipinski definition) is 15. The fourth-order valence-electron chi connectivity index (χ4n) is 3.08. The van der Waals surface area contributed by atoms with Gasteiger partial charge in [-0.25, -0.2) is 0 Å². The summed E-state index contributed by atoms with van der Waals surface area (Å²) in [4.78, 5) is 22.3. The molecule has 0 saturated carbocycles. The molecule has 0 aliphatic heterocycles. The minimum Gasteiger partial charge on any atom is -0.466 e. The molecule has 0 radical (unpaired) electrons. The van der Waals surface area contributed by atoms with Crippen LogP contribution in [-0.4, -0.2) is 171 Å². The van der Waals surface area contributed by atoms with Crippen LogP contribution in [0.25, 0.3) is 0 Å². The minimum atomic E-state index is -0.254. The van der Waals surface area contributed by atoms with E-state index in [9.17, 15) is 9.59 Å². The highest BCUT2D eigenvalue weighted by Crippen LogP contribution is 1.91. The number of rotatable bonds is 38. The summed E-state index contributed by atoms with van der Waals surface area (Å²) in [6.07, 6.45) is 0.506. The number of carbonyl (C=O) groups excluding carboxylic acids is 2. The van der Waals surface area contributed by atoms with Crippen molar-refractivity contribution in [3.05, 3.63) is 0 Å². The van der Waals surface area contributed by atoms with Crippen LogP contribution in [0.15, 0.2) is 0 Å². The minimum absolute atomic E-state index is 0.253. The van der Waals surface area contributed by atoms with Crippen LogP contribution in [0.2, 0.25) is 0 Å². The summed E-state index contributed by atoms with van der Waals surface area (Å²) in [5.41, 5.74) is 0. The van der Waals surface area contributed by atoms with Crippen LogP contribution in [-0.2, 0) is 71.2 Å². The summed E-state index contributed by atoms with van der Waals surface area (Å²) in [5, 5.41) is 0. The standard InChI is InChI=1S/C30H58O15/c1-3-44-29(31)5-7-33-9-11-35-13-15-37-17-19-39-21-23-41-25-27-43-28-26-42-24-22-40-20-18-38-16-14-36-12-10-34-8-6-30(32)45-4-2/h3-28H2,1-2H3. The highest BCUT2D eigenvalue weighted by atomic mass is 16.6. The second kappa shape index (κ2) is 38.7. The Balaban J connectivity index is 3.08. The number of esters is 2. The molecule has 0 spiro atoms. The van der Waals surface area contributed by atoms with Crippen molar-refractivity contribution in [1.82, 2.24) is 0 Å². The van der Waals surface area contributed by atoms with Crippen LogP contribution in [0.5, 0.6) is 0 Å². The molecule has 268 valence electrons. The summed E-state index contributed by atoms with van der Waals surface area (Å²) in [6, 6.07) is 0. The highest BCUT2D eigenvalue weighted by molar-refractivity contribution is 5.69. The van der Waals surface area contributed by atoms with Crippen molar-refractivity contribution < 1.29 is 71.2 Å². The van der Waals surface area contributed by atoms with E-state index in [0.29, 0.717) is 159 Å². The zero-order valence-corrected chi connectivity index (χ0v) is 27.5. The molecule has 0 aromatic rings. The Hall–Kier alpha value is -1.50. The third kappa shape index (κ3) is 38.6. The molecule has 0 fully saturated rings. The lowest BCUT2D eigenvalue weighted by atomic mass is 10.5. The van der Waals surface area contributed by atoms with Crippen LogP contribution in [0.3, 0.4) is 0 Å². The molecule has 0 aromatic heterocycles. The van der Waals surface area contributed by atoms with Gasteiger partial charge in [0, 0.05) is 0 Å². The first kappa shape index (κ1) is 43.5. The first-order valence-corrected chi connectivity index (χ1v) is 15.9. The average Bonchev–Trinajstić information content (AvgIpc) is 3.03. The second-order valence-corrected chi connectivity index (χ2v) is 8.85. The molecule has 15 nitrogen and oxygen atoms in total. The lowest BCUT2D eigenvalue weighted by Gasteiger charge is -2.09. The molecule has 0 aromatic carbocycles. The van der Waals surface area contributed by atoms with Crippen molar-refractivity contribution in [1.29, 1.82) is 0 Å². The molecule has 0 bridgehead atoms. The Labute approximate surface area is 268 Å². The van der Waals surface area contributed by atoms with E-state index in [2.05, 4.69) is 0 Å². The molecule has 0 aliphatic rings. The van der Waals surface area contributed by atoms with E-state index in [1.54, 1.807) is 13.8 Å². The van der Waals surface area contributed by atoms with Gasteiger partial charge in [0.2, 0.25) is 0 Å². The van der Waals surface area contributed by atoms with Gasteiger partial charge in [0.25, 0.3) is 0 Å². The van der Waals surface area contributed by atoms with Crippen molar-refractivity contribution in [2.45, 2.75) is 26.7 Å². The molecule has 0 N–H and O–H groups in total. The van der Waals surface area contributed by atoms with E-state index in [-0.39, 0.29) is 24.8 Å². The predicted octanol–water partition coefficient (Wildman–Crippen LogP) is 1.08. The molecule has 0 saturated heterocycles. The fraction of sp³-hybridized carbons (Fsp3) is 0.933. The van der Waals surface area contributed by atoms with E-state index in [1.165, 1.54) is 0 Å². The molecule has 15 heteroatoms. The quantitative estimate of drug-likeness (QED) is 0.0686. The third-order valence-electron chi connectivity index (χ3n) is 5.23. The fourth-order valence-corrected chi connectivity index (χ4v) is 3.08. The van der Waals surface area contributed by atoms with Gasteiger partial charge < -0.3 is 61.6 Å². The Morgan fingerprint density at radius 3 is 0.600 bits per heavy atom. The predicted molar refractivity (Wildman–Crippen MR) is 162 cm³/mol.